The predicted molar refractivity (Wildman–Crippen MR) is 147 cm³/mol. The van der Waals surface area contributed by atoms with Gasteiger partial charge in [0.2, 0.25) is 11.6 Å². The molecular weight excluding hydrogens is 572 g/mol. The largest absolute Gasteiger partial charge is 0.530 e. The second-order valence-corrected chi connectivity index (χ2v) is 14.4. The van der Waals surface area contributed by atoms with Gasteiger partial charge in [0.05, 0.1) is 10.8 Å². The first-order chi connectivity index (χ1) is 17.3. The van der Waals surface area contributed by atoms with Crippen LogP contribution in [0.3, 0.4) is 0 Å². The lowest BCUT2D eigenvalue weighted by Gasteiger charge is -2.31. The molecule has 208 valence electrons. The maximum absolute atomic E-state index is 12.3. The highest BCUT2D eigenvalue weighted by Crippen LogP contribution is 2.76. The van der Waals surface area contributed by atoms with Crippen LogP contribution in [0.2, 0.25) is 0 Å². The van der Waals surface area contributed by atoms with Crippen molar-refractivity contribution < 1.29 is 24.2 Å². The molecule has 6 atom stereocenters. The fraction of sp³-hybridized carbons (Fsp3) is 0.607. The number of carbonyl (C=O) groups is 3. The Labute approximate surface area is 243 Å². The zero-order chi connectivity index (χ0) is 28.7. The van der Waals surface area contributed by atoms with Gasteiger partial charge < -0.3 is 20.0 Å². The fourth-order valence-electron chi connectivity index (χ4n) is 6.49. The zero-order valence-electron chi connectivity index (χ0n) is 22.4. The number of carboxylic acid groups (broad SMARTS) is 1. The Morgan fingerprint density at radius 1 is 0.947 bits per heavy atom. The third-order valence-electron chi connectivity index (χ3n) is 8.14. The van der Waals surface area contributed by atoms with Gasteiger partial charge in [-0.3, -0.25) is 9.59 Å². The molecule has 0 radical (unpaired) electrons. The summed E-state index contributed by atoms with van der Waals surface area (Å²) in [6.45, 7) is 15.3. The van der Waals surface area contributed by atoms with Gasteiger partial charge in [-0.05, 0) is 40.9 Å². The lowest BCUT2D eigenvalue weighted by atomic mass is 9.71. The standard InChI is InChI=1S/C17H27NO2.C11H6Cl4O3/c1-11-8-13(16(2,3)4)12(10-18-15(19)20)14(9-11)17(5,6)7;12-4-2-1-3(5(4)13)11-9(17)7(15)6(14)8(16)10(2,11)18-11/h8-9,18H,10H2,1-7H3,(H,19,20);2-5H,1H2/p-1. The summed E-state index contributed by atoms with van der Waals surface area (Å²) in [6, 6.07) is 4.31. The van der Waals surface area contributed by atoms with E-state index in [1.165, 1.54) is 16.7 Å². The molecule has 10 heteroatoms. The number of nitrogens with one attached hydrogen (secondary N) is 1. The van der Waals surface area contributed by atoms with Crippen molar-refractivity contribution in [1.29, 1.82) is 0 Å². The number of amides is 1. The number of hydrogen-bond acceptors (Lipinski definition) is 5. The Morgan fingerprint density at radius 2 is 1.34 bits per heavy atom. The van der Waals surface area contributed by atoms with Gasteiger partial charge in [-0.1, -0.05) is 82.4 Å². The van der Waals surface area contributed by atoms with Crippen molar-refractivity contribution in [3.63, 3.8) is 0 Å². The highest BCUT2D eigenvalue weighted by atomic mass is 35.5. The summed E-state index contributed by atoms with van der Waals surface area (Å²) in [5, 5.41) is 11.9. The van der Waals surface area contributed by atoms with Crippen LogP contribution in [-0.4, -0.2) is 39.6 Å². The summed E-state index contributed by atoms with van der Waals surface area (Å²) in [6.07, 6.45) is -0.626. The smallest absolute Gasteiger partial charge is 0.211 e. The average Bonchev–Trinajstić information content (AvgIpc) is 3.33. The van der Waals surface area contributed by atoms with Crippen molar-refractivity contribution in [2.45, 2.75) is 94.2 Å². The van der Waals surface area contributed by atoms with Gasteiger partial charge in [0.15, 0.2) is 11.2 Å². The van der Waals surface area contributed by atoms with Gasteiger partial charge in [-0.2, -0.15) is 0 Å². The molecule has 0 spiro atoms. The first kappa shape index (κ1) is 29.7. The van der Waals surface area contributed by atoms with Gasteiger partial charge in [0.25, 0.3) is 0 Å². The highest BCUT2D eigenvalue weighted by Gasteiger charge is 2.93. The molecule has 2 bridgehead atoms. The fourth-order valence-corrected chi connectivity index (χ4v) is 7.85. The van der Waals surface area contributed by atoms with E-state index < -0.39 is 28.9 Å². The van der Waals surface area contributed by atoms with Crippen molar-refractivity contribution in [3.05, 3.63) is 44.5 Å². The van der Waals surface area contributed by atoms with E-state index in [0.717, 1.165) is 5.56 Å². The van der Waals surface area contributed by atoms with Crippen LogP contribution in [0.5, 0.6) is 0 Å². The van der Waals surface area contributed by atoms with Gasteiger partial charge in [-0.15, -0.1) is 23.2 Å². The van der Waals surface area contributed by atoms with Crippen LogP contribution in [-0.2, 0) is 31.7 Å². The summed E-state index contributed by atoms with van der Waals surface area (Å²) >= 11 is 24.1. The molecular formula is C28H32Cl4NO5-. The van der Waals surface area contributed by atoms with E-state index in [-0.39, 0.29) is 43.5 Å². The zero-order valence-corrected chi connectivity index (χ0v) is 25.5. The number of hydrogen-bond donors (Lipinski definition) is 1. The summed E-state index contributed by atoms with van der Waals surface area (Å²) in [5.41, 5.74) is 2.21. The third kappa shape index (κ3) is 4.21. The molecule has 1 aliphatic heterocycles. The van der Waals surface area contributed by atoms with Crippen molar-refractivity contribution in [3.8, 4) is 0 Å². The van der Waals surface area contributed by atoms with Gasteiger partial charge in [0, 0.05) is 18.4 Å². The van der Waals surface area contributed by atoms with Crippen molar-refractivity contribution >= 4 is 64.1 Å². The minimum atomic E-state index is -1.23. The molecule has 1 N–H and O–H groups in total. The van der Waals surface area contributed by atoms with E-state index in [0.29, 0.717) is 13.0 Å². The van der Waals surface area contributed by atoms with Gasteiger partial charge in [0.1, 0.15) is 16.2 Å². The molecule has 2 saturated carbocycles. The molecule has 1 amide bonds. The molecule has 6 nitrogen and oxygen atoms in total. The second kappa shape index (κ2) is 9.37. The van der Waals surface area contributed by atoms with Crippen LogP contribution in [0.25, 0.3) is 0 Å². The molecule has 6 unspecified atom stereocenters. The van der Waals surface area contributed by atoms with Gasteiger partial charge >= 0.3 is 0 Å². The summed E-state index contributed by atoms with van der Waals surface area (Å²) in [7, 11) is 0. The Morgan fingerprint density at radius 3 is 1.68 bits per heavy atom. The van der Waals surface area contributed by atoms with Crippen LogP contribution in [0.1, 0.15) is 70.2 Å². The molecule has 3 aliphatic carbocycles. The SMILES string of the molecule is Cc1cc(C(C)(C)C)c(CNC(=O)[O-])c(C(C)(C)C)c1.O=C1C(Cl)=C(Cl)C(=O)C23OC12C1CC3C(Cl)C1Cl. The number of epoxide rings is 1. The number of ether oxygens (including phenoxy) is 1. The Bertz CT molecular complexity index is 1180. The van der Waals surface area contributed by atoms with E-state index >= 15 is 0 Å². The van der Waals surface area contributed by atoms with Crippen LogP contribution in [0.4, 0.5) is 4.79 Å². The Kier molecular flexibility index (Phi) is 7.32. The molecule has 1 saturated heterocycles. The maximum atomic E-state index is 12.3. The monoisotopic (exact) mass is 602 g/mol. The molecule has 1 aromatic carbocycles. The summed E-state index contributed by atoms with van der Waals surface area (Å²) in [4.78, 5) is 35.4. The van der Waals surface area contributed by atoms with Crippen LogP contribution < -0.4 is 10.4 Å². The second-order valence-electron chi connectivity index (χ2n) is 12.7. The molecule has 1 heterocycles. The lowest BCUT2D eigenvalue weighted by Crippen LogP contribution is -2.53. The Hall–Kier alpha value is -1.31. The summed E-state index contributed by atoms with van der Waals surface area (Å²) < 4.78 is 5.60. The number of aryl methyl sites for hydroxylation is 1. The molecule has 1 aromatic rings. The molecule has 38 heavy (non-hydrogen) atoms. The molecule has 5 rings (SSSR count). The third-order valence-corrected chi connectivity index (χ3v) is 10.2. The highest BCUT2D eigenvalue weighted by molar-refractivity contribution is 6.58. The van der Waals surface area contributed by atoms with Gasteiger partial charge in [-0.25, -0.2) is 0 Å². The number of alkyl halides is 2. The number of halogens is 4. The minimum absolute atomic E-state index is 0.0328. The topological polar surface area (TPSA) is 98.8 Å². The number of benzene rings is 1. The quantitative estimate of drug-likeness (QED) is 0.369. The number of Topliss-reactive ketones (excluding diaryl/α,β-unsaturated/α-hetero) is 2. The van der Waals surface area contributed by atoms with E-state index in [4.69, 9.17) is 51.1 Å². The van der Waals surface area contributed by atoms with Crippen LogP contribution in [0, 0.1) is 18.8 Å². The normalized spacial score (nSPS) is 33.4. The average molecular weight is 604 g/mol. The van der Waals surface area contributed by atoms with Crippen molar-refractivity contribution in [2.75, 3.05) is 0 Å². The molecule has 4 aliphatic rings. The first-order valence-electron chi connectivity index (χ1n) is 12.5. The number of ketones is 2. The van der Waals surface area contributed by atoms with Crippen molar-refractivity contribution in [1.82, 2.24) is 5.32 Å². The molecule has 0 aromatic heterocycles. The van der Waals surface area contributed by atoms with Crippen molar-refractivity contribution in [2.24, 2.45) is 11.8 Å². The van der Waals surface area contributed by atoms with Crippen LogP contribution in [0.15, 0.2) is 22.2 Å². The van der Waals surface area contributed by atoms with E-state index in [1.54, 1.807) is 0 Å². The first-order valence-corrected chi connectivity index (χ1v) is 14.2. The van der Waals surface area contributed by atoms with E-state index in [1.807, 2.05) is 0 Å². The number of carbonyl (C=O) groups excluding carboxylic acids is 3. The number of fused-ring (bicyclic) bond motifs is 2. The van der Waals surface area contributed by atoms with E-state index in [2.05, 4.69) is 65.9 Å². The Balaban J connectivity index is 0.000000177. The summed E-state index contributed by atoms with van der Waals surface area (Å²) in [5.74, 6) is -1.37. The predicted octanol–water partition coefficient (Wildman–Crippen LogP) is 5.22. The lowest BCUT2D eigenvalue weighted by molar-refractivity contribution is -0.251. The minimum Gasteiger partial charge on any atom is -0.530 e. The maximum Gasteiger partial charge on any atom is 0.211 e. The van der Waals surface area contributed by atoms with Crippen LogP contribution >= 0.6 is 46.4 Å². The number of rotatable bonds is 2. The van der Waals surface area contributed by atoms with E-state index in [9.17, 15) is 19.5 Å². The molecule has 3 fully saturated rings.